The number of ether oxygens (including phenoxy) is 1. The van der Waals surface area contributed by atoms with E-state index in [1.54, 1.807) is 0 Å². The van der Waals surface area contributed by atoms with Gasteiger partial charge in [-0.1, -0.05) is 6.07 Å². The van der Waals surface area contributed by atoms with E-state index in [1.165, 1.54) is 19.3 Å². The van der Waals surface area contributed by atoms with Crippen LogP contribution in [-0.2, 0) is 4.74 Å². The molecule has 0 radical (unpaired) electrons. The fourth-order valence-corrected chi connectivity index (χ4v) is 3.34. The lowest BCUT2D eigenvalue weighted by atomic mass is 10.0. The predicted octanol–water partition coefficient (Wildman–Crippen LogP) is 3.18. The van der Waals surface area contributed by atoms with E-state index in [1.807, 2.05) is 20.8 Å². The summed E-state index contributed by atoms with van der Waals surface area (Å²) in [6.45, 7) is 9.39. The maximum atomic E-state index is 11.8. The molecule has 1 atom stereocenters. The van der Waals surface area contributed by atoms with Crippen molar-refractivity contribution in [2.75, 3.05) is 36.0 Å². The van der Waals surface area contributed by atoms with Gasteiger partial charge >= 0.3 is 6.09 Å². The molecule has 3 heterocycles. The highest BCUT2D eigenvalue weighted by Gasteiger charge is 2.30. The number of hydrogen-bond acceptors (Lipinski definition) is 5. The number of nitrogens with zero attached hydrogens (tertiary/aromatic N) is 3. The summed E-state index contributed by atoms with van der Waals surface area (Å²) in [5, 5.41) is 2.88. The van der Waals surface area contributed by atoms with Crippen molar-refractivity contribution in [2.24, 2.45) is 0 Å². The van der Waals surface area contributed by atoms with Crippen molar-refractivity contribution in [1.29, 1.82) is 0 Å². The first-order chi connectivity index (χ1) is 11.9. The maximum Gasteiger partial charge on any atom is 0.407 e. The number of hydrogen-bond donors (Lipinski definition) is 1. The van der Waals surface area contributed by atoms with Crippen LogP contribution in [0.3, 0.4) is 0 Å². The van der Waals surface area contributed by atoms with Crippen LogP contribution in [0.25, 0.3) is 0 Å². The molecule has 1 aromatic rings. The number of alkyl carbamates (subject to hydrolysis) is 1. The molecule has 0 aromatic carbocycles. The molecule has 138 valence electrons. The van der Waals surface area contributed by atoms with Crippen molar-refractivity contribution in [3.05, 3.63) is 18.2 Å². The Morgan fingerprint density at radius 3 is 2.56 bits per heavy atom. The third kappa shape index (κ3) is 4.77. The van der Waals surface area contributed by atoms with Crippen LogP contribution in [-0.4, -0.2) is 48.9 Å². The minimum Gasteiger partial charge on any atom is -0.444 e. The second-order valence-electron chi connectivity index (χ2n) is 7.92. The SMILES string of the molecule is CC(C)(C)OC(=O)NCC1CCN1c1cccc(N2CCCCC2)n1. The minimum absolute atomic E-state index is 0.289. The van der Waals surface area contributed by atoms with Gasteiger partial charge in [0.2, 0.25) is 0 Å². The summed E-state index contributed by atoms with van der Waals surface area (Å²) in [7, 11) is 0. The lowest BCUT2D eigenvalue weighted by molar-refractivity contribution is 0.0521. The van der Waals surface area contributed by atoms with Gasteiger partial charge in [-0.05, 0) is 58.6 Å². The van der Waals surface area contributed by atoms with Crippen molar-refractivity contribution in [3.63, 3.8) is 0 Å². The first kappa shape index (κ1) is 17.8. The number of anilines is 2. The molecule has 2 aliphatic heterocycles. The molecule has 0 aliphatic carbocycles. The number of carbonyl (C=O) groups excluding carboxylic acids is 1. The van der Waals surface area contributed by atoms with E-state index in [0.29, 0.717) is 6.54 Å². The van der Waals surface area contributed by atoms with Crippen LogP contribution in [0.15, 0.2) is 18.2 Å². The highest BCUT2D eigenvalue weighted by Crippen LogP contribution is 2.27. The van der Waals surface area contributed by atoms with Crippen LogP contribution in [0.2, 0.25) is 0 Å². The summed E-state index contributed by atoms with van der Waals surface area (Å²) in [5.74, 6) is 2.08. The Balaban J connectivity index is 1.56. The Hall–Kier alpha value is -1.98. The van der Waals surface area contributed by atoms with Gasteiger partial charge in [-0.3, -0.25) is 0 Å². The number of aromatic nitrogens is 1. The average molecular weight is 346 g/mol. The van der Waals surface area contributed by atoms with Gasteiger partial charge in [0.05, 0.1) is 0 Å². The normalized spacial score (nSPS) is 20.8. The molecule has 3 rings (SSSR count). The Morgan fingerprint density at radius 2 is 1.92 bits per heavy atom. The van der Waals surface area contributed by atoms with E-state index in [0.717, 1.165) is 37.7 Å². The highest BCUT2D eigenvalue weighted by atomic mass is 16.6. The van der Waals surface area contributed by atoms with Crippen molar-refractivity contribution in [2.45, 2.75) is 58.1 Å². The Morgan fingerprint density at radius 1 is 1.20 bits per heavy atom. The highest BCUT2D eigenvalue weighted by molar-refractivity contribution is 5.67. The molecule has 1 amide bonds. The van der Waals surface area contributed by atoms with Gasteiger partial charge in [-0.25, -0.2) is 9.78 Å². The summed E-state index contributed by atoms with van der Waals surface area (Å²) in [6.07, 6.45) is 4.52. The zero-order chi connectivity index (χ0) is 17.9. The molecule has 1 aromatic heterocycles. The maximum absolute atomic E-state index is 11.8. The van der Waals surface area contributed by atoms with Crippen LogP contribution in [0.4, 0.5) is 16.4 Å². The molecular weight excluding hydrogens is 316 g/mol. The molecular formula is C19H30N4O2. The topological polar surface area (TPSA) is 57.7 Å². The van der Waals surface area contributed by atoms with Gasteiger partial charge in [0.15, 0.2) is 0 Å². The number of pyridine rings is 1. The van der Waals surface area contributed by atoms with Gasteiger partial charge in [0, 0.05) is 32.2 Å². The molecule has 1 N–H and O–H groups in total. The zero-order valence-electron chi connectivity index (χ0n) is 15.6. The van der Waals surface area contributed by atoms with Crippen LogP contribution in [0.5, 0.6) is 0 Å². The molecule has 2 fully saturated rings. The van der Waals surface area contributed by atoms with E-state index >= 15 is 0 Å². The number of nitrogens with one attached hydrogen (secondary N) is 1. The van der Waals surface area contributed by atoms with E-state index in [9.17, 15) is 4.79 Å². The molecule has 0 saturated carbocycles. The summed E-state index contributed by atoms with van der Waals surface area (Å²) in [5.41, 5.74) is -0.465. The van der Waals surface area contributed by atoms with Crippen molar-refractivity contribution in [3.8, 4) is 0 Å². The molecule has 6 nitrogen and oxygen atoms in total. The summed E-state index contributed by atoms with van der Waals surface area (Å²) in [6, 6.07) is 6.54. The van der Waals surface area contributed by atoms with E-state index in [-0.39, 0.29) is 12.1 Å². The van der Waals surface area contributed by atoms with E-state index < -0.39 is 5.60 Å². The molecule has 0 spiro atoms. The standard InChI is InChI=1S/C19H30N4O2/c1-19(2,3)25-18(24)20-14-15-10-13-23(15)17-9-7-8-16(21-17)22-11-5-4-6-12-22/h7-9,15H,4-6,10-14H2,1-3H3,(H,20,24). The Labute approximate surface area is 150 Å². The van der Waals surface area contributed by atoms with Gasteiger partial charge in [-0.2, -0.15) is 0 Å². The first-order valence-electron chi connectivity index (χ1n) is 9.38. The first-order valence-corrected chi connectivity index (χ1v) is 9.38. The minimum atomic E-state index is -0.465. The van der Waals surface area contributed by atoms with Crippen molar-refractivity contribution in [1.82, 2.24) is 10.3 Å². The number of carbonyl (C=O) groups is 1. The molecule has 2 aliphatic rings. The van der Waals surface area contributed by atoms with Crippen molar-refractivity contribution >= 4 is 17.7 Å². The van der Waals surface area contributed by atoms with Crippen molar-refractivity contribution < 1.29 is 9.53 Å². The van der Waals surface area contributed by atoms with E-state index in [2.05, 4.69) is 33.3 Å². The Bertz CT molecular complexity index is 593. The van der Waals surface area contributed by atoms with Crippen LogP contribution in [0.1, 0.15) is 46.5 Å². The third-order valence-electron chi connectivity index (χ3n) is 4.72. The fourth-order valence-electron chi connectivity index (χ4n) is 3.34. The lowest BCUT2D eigenvalue weighted by Crippen LogP contribution is -2.54. The number of piperidine rings is 1. The molecule has 6 heteroatoms. The van der Waals surface area contributed by atoms with Crippen LogP contribution in [0, 0.1) is 0 Å². The molecule has 0 bridgehead atoms. The lowest BCUT2D eigenvalue weighted by Gasteiger charge is -2.42. The number of rotatable bonds is 4. The fraction of sp³-hybridized carbons (Fsp3) is 0.684. The quantitative estimate of drug-likeness (QED) is 0.907. The Kier molecular flexibility index (Phi) is 5.35. The largest absolute Gasteiger partial charge is 0.444 e. The summed E-state index contributed by atoms with van der Waals surface area (Å²) < 4.78 is 5.31. The van der Waals surface area contributed by atoms with Crippen LogP contribution >= 0.6 is 0 Å². The monoisotopic (exact) mass is 346 g/mol. The average Bonchev–Trinajstić information content (AvgIpc) is 2.53. The van der Waals surface area contributed by atoms with Gasteiger partial charge in [0.1, 0.15) is 17.2 Å². The van der Waals surface area contributed by atoms with Gasteiger partial charge in [0.25, 0.3) is 0 Å². The van der Waals surface area contributed by atoms with Gasteiger partial charge < -0.3 is 19.9 Å². The van der Waals surface area contributed by atoms with Gasteiger partial charge in [-0.15, -0.1) is 0 Å². The smallest absolute Gasteiger partial charge is 0.407 e. The third-order valence-corrected chi connectivity index (χ3v) is 4.72. The second-order valence-corrected chi connectivity index (χ2v) is 7.92. The summed E-state index contributed by atoms with van der Waals surface area (Å²) >= 11 is 0. The van der Waals surface area contributed by atoms with E-state index in [4.69, 9.17) is 9.72 Å². The van der Waals surface area contributed by atoms with Crippen LogP contribution < -0.4 is 15.1 Å². The predicted molar refractivity (Wildman–Crippen MR) is 100 cm³/mol. The summed E-state index contributed by atoms with van der Waals surface area (Å²) in [4.78, 5) is 21.3. The number of amides is 1. The molecule has 25 heavy (non-hydrogen) atoms. The molecule has 1 unspecified atom stereocenters. The second kappa shape index (κ2) is 7.50. The zero-order valence-corrected chi connectivity index (χ0v) is 15.6. The molecule has 2 saturated heterocycles.